The summed E-state index contributed by atoms with van der Waals surface area (Å²) in [6, 6.07) is 6.26. The van der Waals surface area contributed by atoms with Crippen molar-refractivity contribution in [3.63, 3.8) is 0 Å². The van der Waals surface area contributed by atoms with Gasteiger partial charge in [0, 0.05) is 34.1 Å². The van der Waals surface area contributed by atoms with Crippen LogP contribution in [0.5, 0.6) is 0 Å². The number of rotatable bonds is 15. The topological polar surface area (TPSA) is 169 Å². The van der Waals surface area contributed by atoms with Crippen LogP contribution < -0.4 is 11.1 Å². The van der Waals surface area contributed by atoms with Gasteiger partial charge in [0.05, 0.1) is 0 Å². The molecule has 212 valence electrons. The molecule has 2 N–H and O–H groups in total. The van der Waals surface area contributed by atoms with Gasteiger partial charge in [0.25, 0.3) is 5.91 Å². The SMILES string of the molecule is CCCCN(C(=O)C(CCc1noc(=O)[nH]1)NC(=O)N(C)C=O)N(C)[C@@H](Cc1ccccc1)C(=O)N(C)C=O. The van der Waals surface area contributed by atoms with Crippen LogP contribution in [0.25, 0.3) is 0 Å². The van der Waals surface area contributed by atoms with E-state index in [-0.39, 0.29) is 31.6 Å². The lowest BCUT2D eigenvalue weighted by Crippen LogP contribution is -2.60. The number of hydrogen-bond acceptors (Lipinski definition) is 9. The lowest BCUT2D eigenvalue weighted by molar-refractivity contribution is -0.160. The lowest BCUT2D eigenvalue weighted by Gasteiger charge is -2.39. The highest BCUT2D eigenvalue weighted by atomic mass is 16.5. The molecule has 0 fully saturated rings. The van der Waals surface area contributed by atoms with Crippen LogP contribution in [0.4, 0.5) is 4.79 Å². The smallest absolute Gasteiger partial charge is 0.326 e. The van der Waals surface area contributed by atoms with Crippen molar-refractivity contribution < 1.29 is 28.5 Å². The number of carbonyl (C=O) groups excluding carboxylic acids is 5. The third-order valence-electron chi connectivity index (χ3n) is 6.10. The van der Waals surface area contributed by atoms with E-state index < -0.39 is 35.7 Å². The van der Waals surface area contributed by atoms with E-state index in [1.165, 1.54) is 24.1 Å². The van der Waals surface area contributed by atoms with Gasteiger partial charge in [0.2, 0.25) is 18.7 Å². The molecule has 39 heavy (non-hydrogen) atoms. The number of unbranched alkanes of at least 4 members (excludes halogenated alkanes) is 1. The molecule has 0 spiro atoms. The second-order valence-corrected chi connectivity index (χ2v) is 8.95. The number of hydrogen-bond donors (Lipinski definition) is 2. The van der Waals surface area contributed by atoms with Gasteiger partial charge < -0.3 is 5.32 Å². The highest BCUT2D eigenvalue weighted by Crippen LogP contribution is 2.16. The number of hydrazine groups is 1. The van der Waals surface area contributed by atoms with Gasteiger partial charge in [-0.05, 0) is 24.8 Å². The molecule has 0 bridgehead atoms. The Labute approximate surface area is 225 Å². The largest absolute Gasteiger partial charge is 0.438 e. The number of benzene rings is 1. The number of aromatic amines is 1. The number of nitrogens with zero attached hydrogens (tertiary/aromatic N) is 5. The number of imide groups is 2. The van der Waals surface area contributed by atoms with Crippen LogP contribution in [-0.4, -0.2) is 100 Å². The number of amides is 6. The van der Waals surface area contributed by atoms with Gasteiger partial charge in [-0.3, -0.25) is 43.5 Å². The number of nitrogens with one attached hydrogen (secondary N) is 2. The Hall–Kier alpha value is -4.33. The third-order valence-corrected chi connectivity index (χ3v) is 6.10. The first-order chi connectivity index (χ1) is 18.6. The van der Waals surface area contributed by atoms with E-state index in [9.17, 15) is 28.8 Å². The summed E-state index contributed by atoms with van der Waals surface area (Å²) in [5, 5.41) is 8.98. The van der Waals surface area contributed by atoms with E-state index in [0.29, 0.717) is 19.2 Å². The first kappa shape index (κ1) is 30.9. The molecule has 0 aliphatic carbocycles. The molecule has 0 aliphatic heterocycles. The van der Waals surface area contributed by atoms with Gasteiger partial charge in [0.1, 0.15) is 12.1 Å². The van der Waals surface area contributed by atoms with Crippen molar-refractivity contribution in [2.75, 3.05) is 27.7 Å². The van der Waals surface area contributed by atoms with Crippen molar-refractivity contribution in [1.29, 1.82) is 0 Å². The van der Waals surface area contributed by atoms with Gasteiger partial charge in [-0.1, -0.05) is 48.8 Å². The second kappa shape index (κ2) is 15.2. The Morgan fingerprint density at radius 3 is 2.28 bits per heavy atom. The second-order valence-electron chi connectivity index (χ2n) is 8.95. The number of aromatic nitrogens is 2. The first-order valence-corrected chi connectivity index (χ1v) is 12.5. The maximum Gasteiger partial charge on any atom is 0.438 e. The molecule has 1 heterocycles. The standard InChI is InChI=1S/C25H35N7O7/c1-5-6-14-32(31(4)20(23(36)29(2)16-33)15-18-10-8-7-9-11-18)22(35)19(26-24(37)30(3)17-34)12-13-21-27-25(38)39-28-21/h7-11,16-17,19-20H,5-6,12-15H2,1-4H3,(H,26,37)(H,27,28,38)/t19?,20-/m0/s1. The molecule has 2 aromatic rings. The minimum absolute atomic E-state index is 0.00173. The summed E-state index contributed by atoms with van der Waals surface area (Å²) in [6.07, 6.45) is 2.29. The summed E-state index contributed by atoms with van der Waals surface area (Å²) in [5.41, 5.74) is 0.817. The molecule has 1 unspecified atom stereocenters. The highest BCUT2D eigenvalue weighted by Gasteiger charge is 2.35. The highest BCUT2D eigenvalue weighted by molar-refractivity contribution is 5.92. The Morgan fingerprint density at radius 2 is 1.72 bits per heavy atom. The van der Waals surface area contributed by atoms with Crippen LogP contribution in [0.3, 0.4) is 0 Å². The maximum atomic E-state index is 13.9. The Morgan fingerprint density at radius 1 is 1.05 bits per heavy atom. The zero-order valence-electron chi connectivity index (χ0n) is 22.5. The molecule has 0 saturated carbocycles. The van der Waals surface area contributed by atoms with E-state index in [1.807, 2.05) is 37.3 Å². The molecule has 2 rings (SSSR count). The predicted molar refractivity (Wildman–Crippen MR) is 139 cm³/mol. The summed E-state index contributed by atoms with van der Waals surface area (Å²) in [6.45, 7) is 2.15. The van der Waals surface area contributed by atoms with Crippen LogP contribution in [-0.2, 0) is 32.0 Å². The van der Waals surface area contributed by atoms with E-state index in [2.05, 4.69) is 20.0 Å². The molecule has 1 aromatic carbocycles. The van der Waals surface area contributed by atoms with E-state index in [0.717, 1.165) is 21.8 Å². The van der Waals surface area contributed by atoms with Gasteiger partial charge in [-0.15, -0.1) is 0 Å². The molecule has 14 heteroatoms. The molecule has 6 amide bonds. The predicted octanol–water partition coefficient (Wildman–Crippen LogP) is 0.164. The molecule has 2 atom stereocenters. The van der Waals surface area contributed by atoms with Gasteiger partial charge in [-0.2, -0.15) is 0 Å². The average Bonchev–Trinajstić information content (AvgIpc) is 3.37. The lowest BCUT2D eigenvalue weighted by atomic mass is 10.0. The molecular weight excluding hydrogens is 510 g/mol. The quantitative estimate of drug-likeness (QED) is 0.234. The molecule has 0 aliphatic rings. The Bertz CT molecular complexity index is 1170. The van der Waals surface area contributed by atoms with Crippen molar-refractivity contribution in [2.24, 2.45) is 0 Å². The van der Waals surface area contributed by atoms with Crippen molar-refractivity contribution in [3.8, 4) is 0 Å². The van der Waals surface area contributed by atoms with Crippen molar-refractivity contribution in [2.45, 2.75) is 51.1 Å². The summed E-state index contributed by atoms with van der Waals surface area (Å²) in [4.78, 5) is 77.7. The fraction of sp³-hybridized carbons (Fsp3) is 0.480. The molecule has 1 aromatic heterocycles. The van der Waals surface area contributed by atoms with Gasteiger partial charge in [-0.25, -0.2) is 14.6 Å². The first-order valence-electron chi connectivity index (χ1n) is 12.5. The zero-order valence-corrected chi connectivity index (χ0v) is 22.5. The van der Waals surface area contributed by atoms with Crippen LogP contribution >= 0.6 is 0 Å². The Balaban J connectivity index is 2.42. The molecular formula is C25H35N7O7. The number of likely N-dealkylation sites (N-methyl/N-ethyl adjacent to an activating group) is 2. The average molecular weight is 546 g/mol. The number of urea groups is 1. The Kier molecular flexibility index (Phi) is 12.0. The summed E-state index contributed by atoms with van der Waals surface area (Å²) < 4.78 is 4.50. The zero-order chi connectivity index (χ0) is 28.9. The van der Waals surface area contributed by atoms with E-state index in [4.69, 9.17) is 0 Å². The number of carbonyl (C=O) groups is 5. The minimum atomic E-state index is -1.16. The minimum Gasteiger partial charge on any atom is -0.326 e. The van der Waals surface area contributed by atoms with Crippen LogP contribution in [0.15, 0.2) is 39.6 Å². The van der Waals surface area contributed by atoms with Crippen LogP contribution in [0, 0.1) is 0 Å². The van der Waals surface area contributed by atoms with Gasteiger partial charge in [0.15, 0.2) is 5.82 Å². The normalized spacial score (nSPS) is 12.3. The van der Waals surface area contributed by atoms with Crippen LogP contribution in [0.1, 0.15) is 37.6 Å². The molecule has 0 radical (unpaired) electrons. The summed E-state index contributed by atoms with van der Waals surface area (Å²) in [7, 11) is 4.16. The molecule has 0 saturated heterocycles. The summed E-state index contributed by atoms with van der Waals surface area (Å²) >= 11 is 0. The number of H-pyrrole nitrogens is 1. The van der Waals surface area contributed by atoms with Crippen molar-refractivity contribution >= 4 is 30.7 Å². The monoisotopic (exact) mass is 545 g/mol. The maximum absolute atomic E-state index is 13.9. The number of aryl methyl sites for hydroxylation is 1. The summed E-state index contributed by atoms with van der Waals surface area (Å²) in [5.74, 6) is -1.66. The fourth-order valence-corrected chi connectivity index (χ4v) is 3.79. The van der Waals surface area contributed by atoms with Crippen LogP contribution in [0.2, 0.25) is 0 Å². The van der Waals surface area contributed by atoms with E-state index >= 15 is 0 Å². The third kappa shape index (κ3) is 8.88. The fourth-order valence-electron chi connectivity index (χ4n) is 3.79. The van der Waals surface area contributed by atoms with E-state index in [1.54, 1.807) is 7.05 Å². The molecule has 14 nitrogen and oxygen atoms in total. The van der Waals surface area contributed by atoms with Gasteiger partial charge >= 0.3 is 11.8 Å². The van der Waals surface area contributed by atoms with Crippen molar-refractivity contribution in [1.82, 2.24) is 35.3 Å². The van der Waals surface area contributed by atoms with Crippen molar-refractivity contribution in [3.05, 3.63) is 52.3 Å².